The molecule has 1 aromatic carbocycles. The number of nitrogens with zero attached hydrogens (tertiary/aromatic N) is 2. The highest BCUT2D eigenvalue weighted by Crippen LogP contribution is 2.32. The van der Waals surface area contributed by atoms with Gasteiger partial charge in [-0.2, -0.15) is 4.31 Å². The Bertz CT molecular complexity index is 683. The highest BCUT2D eigenvalue weighted by molar-refractivity contribution is 7.89. The number of nitrogens with one attached hydrogen (secondary N) is 1. The molecule has 0 radical (unpaired) electrons. The molecule has 0 saturated carbocycles. The van der Waals surface area contributed by atoms with Crippen molar-refractivity contribution >= 4 is 28.1 Å². The van der Waals surface area contributed by atoms with E-state index in [2.05, 4.69) is 5.32 Å². The summed E-state index contributed by atoms with van der Waals surface area (Å²) in [5.41, 5.74) is 0.327. The van der Waals surface area contributed by atoms with E-state index in [1.807, 2.05) is 0 Å². The van der Waals surface area contributed by atoms with Gasteiger partial charge in [0.25, 0.3) is 5.69 Å². The van der Waals surface area contributed by atoms with E-state index in [1.165, 1.54) is 22.5 Å². The molecular formula is C13H18ClN3O4S. The normalized spacial score (nSPS) is 24.8. The van der Waals surface area contributed by atoms with Crippen LogP contribution in [0.2, 0.25) is 0 Å². The Morgan fingerprint density at radius 3 is 2.36 bits per heavy atom. The largest absolute Gasteiger partial charge is 0.316 e. The number of hydrogen-bond acceptors (Lipinski definition) is 5. The van der Waals surface area contributed by atoms with Crippen molar-refractivity contribution in [3.05, 3.63) is 33.9 Å². The lowest BCUT2D eigenvalue weighted by Gasteiger charge is -2.18. The fourth-order valence-corrected chi connectivity index (χ4v) is 4.94. The average Bonchev–Trinajstić information content (AvgIpc) is 2.98. The molecule has 3 rings (SSSR count). The standard InChI is InChI=1S/C13H17N3O4S.ClH/c1-9-4-12(16(17)18)2-3-13(9)21(19,20)15-7-10-5-14-6-11(10)8-15;/h2-4,10-11,14H,5-8H2,1H3;1H/t10-,11+;. The van der Waals surface area contributed by atoms with Crippen LogP contribution >= 0.6 is 12.4 Å². The van der Waals surface area contributed by atoms with Crippen LogP contribution in [0.15, 0.2) is 23.1 Å². The summed E-state index contributed by atoms with van der Waals surface area (Å²) in [4.78, 5) is 10.4. The van der Waals surface area contributed by atoms with E-state index in [0.29, 0.717) is 30.5 Å². The smallest absolute Gasteiger partial charge is 0.269 e. The lowest BCUT2D eigenvalue weighted by Crippen LogP contribution is -2.32. The first kappa shape index (κ1) is 17.1. The zero-order valence-corrected chi connectivity index (χ0v) is 13.7. The second-order valence-electron chi connectivity index (χ2n) is 5.71. The Balaban J connectivity index is 0.00000176. The number of non-ortho nitro benzene ring substituents is 1. The molecule has 0 spiro atoms. The first-order valence-electron chi connectivity index (χ1n) is 6.85. The van der Waals surface area contributed by atoms with Gasteiger partial charge in [0.1, 0.15) is 0 Å². The van der Waals surface area contributed by atoms with Crippen LogP contribution in [0.4, 0.5) is 5.69 Å². The molecule has 0 amide bonds. The quantitative estimate of drug-likeness (QED) is 0.654. The number of fused-ring (bicyclic) bond motifs is 1. The summed E-state index contributed by atoms with van der Waals surface area (Å²) in [6, 6.07) is 3.90. The van der Waals surface area contributed by atoms with Crippen LogP contribution < -0.4 is 5.32 Å². The molecule has 1 aromatic rings. The summed E-state index contributed by atoms with van der Waals surface area (Å²) in [5.74, 6) is 0.747. The molecule has 0 bridgehead atoms. The first-order valence-corrected chi connectivity index (χ1v) is 8.29. The first-order chi connectivity index (χ1) is 9.89. The second-order valence-corrected chi connectivity index (χ2v) is 7.61. The van der Waals surface area contributed by atoms with Gasteiger partial charge in [0.05, 0.1) is 9.82 Å². The average molecular weight is 348 g/mol. The van der Waals surface area contributed by atoms with Gasteiger partial charge in [0.2, 0.25) is 10.0 Å². The maximum Gasteiger partial charge on any atom is 0.269 e. The number of halogens is 1. The van der Waals surface area contributed by atoms with Crippen molar-refractivity contribution in [3.8, 4) is 0 Å². The summed E-state index contributed by atoms with van der Waals surface area (Å²) in [6.45, 7) is 4.36. The predicted octanol–water partition coefficient (Wildman–Crippen LogP) is 1.16. The van der Waals surface area contributed by atoms with Crippen molar-refractivity contribution in [2.75, 3.05) is 26.2 Å². The van der Waals surface area contributed by atoms with Crippen LogP contribution in [-0.2, 0) is 10.0 Å². The maximum atomic E-state index is 12.7. The Hall–Kier alpha value is -1.22. The van der Waals surface area contributed by atoms with Gasteiger partial charge in [-0.15, -0.1) is 12.4 Å². The zero-order valence-electron chi connectivity index (χ0n) is 12.1. The zero-order chi connectivity index (χ0) is 15.2. The van der Waals surface area contributed by atoms with Crippen LogP contribution in [0.3, 0.4) is 0 Å². The van der Waals surface area contributed by atoms with Crippen molar-refractivity contribution in [1.82, 2.24) is 9.62 Å². The molecule has 2 saturated heterocycles. The third-order valence-electron chi connectivity index (χ3n) is 4.34. The molecule has 2 aliphatic rings. The van der Waals surface area contributed by atoms with Crippen LogP contribution in [0.5, 0.6) is 0 Å². The van der Waals surface area contributed by atoms with E-state index in [-0.39, 0.29) is 23.0 Å². The van der Waals surface area contributed by atoms with Gasteiger partial charge in [0, 0.05) is 25.2 Å². The number of rotatable bonds is 3. The molecule has 7 nitrogen and oxygen atoms in total. The van der Waals surface area contributed by atoms with E-state index in [1.54, 1.807) is 6.92 Å². The highest BCUT2D eigenvalue weighted by atomic mass is 35.5. The Morgan fingerprint density at radius 1 is 1.27 bits per heavy atom. The fourth-order valence-electron chi connectivity index (χ4n) is 3.18. The molecule has 122 valence electrons. The van der Waals surface area contributed by atoms with Gasteiger partial charge in [0.15, 0.2) is 0 Å². The van der Waals surface area contributed by atoms with Gasteiger partial charge < -0.3 is 5.32 Å². The van der Waals surface area contributed by atoms with Crippen LogP contribution in [-0.4, -0.2) is 43.8 Å². The topological polar surface area (TPSA) is 92.5 Å². The van der Waals surface area contributed by atoms with Gasteiger partial charge >= 0.3 is 0 Å². The molecule has 0 aliphatic carbocycles. The summed E-state index contributed by atoms with van der Waals surface area (Å²) in [5, 5.41) is 14.0. The van der Waals surface area contributed by atoms with E-state index in [4.69, 9.17) is 0 Å². The van der Waals surface area contributed by atoms with Crippen LogP contribution in [0.25, 0.3) is 0 Å². The van der Waals surface area contributed by atoms with Crippen molar-refractivity contribution < 1.29 is 13.3 Å². The monoisotopic (exact) mass is 347 g/mol. The van der Waals surface area contributed by atoms with Crippen molar-refractivity contribution in [2.24, 2.45) is 11.8 Å². The summed E-state index contributed by atoms with van der Waals surface area (Å²) >= 11 is 0. The van der Waals surface area contributed by atoms with Gasteiger partial charge in [-0.05, 0) is 43.5 Å². The van der Waals surface area contributed by atoms with Gasteiger partial charge in [-0.1, -0.05) is 0 Å². The second kappa shape index (κ2) is 6.11. The van der Waals surface area contributed by atoms with Crippen LogP contribution in [0, 0.1) is 28.9 Å². The van der Waals surface area contributed by atoms with Crippen molar-refractivity contribution in [2.45, 2.75) is 11.8 Å². The van der Waals surface area contributed by atoms with E-state index >= 15 is 0 Å². The SMILES string of the molecule is Cc1cc([N+](=O)[O-])ccc1S(=O)(=O)N1C[C@H]2CNC[C@H]2C1.Cl. The Morgan fingerprint density at radius 2 is 1.86 bits per heavy atom. The third kappa shape index (κ3) is 2.83. The minimum atomic E-state index is -3.57. The minimum absolute atomic E-state index is 0. The highest BCUT2D eigenvalue weighted by Gasteiger charge is 2.41. The number of nitro benzene ring substituents is 1. The van der Waals surface area contributed by atoms with E-state index < -0.39 is 14.9 Å². The number of hydrogen-bond donors (Lipinski definition) is 1. The molecule has 22 heavy (non-hydrogen) atoms. The molecule has 2 fully saturated rings. The number of benzene rings is 1. The Kier molecular flexibility index (Phi) is 4.76. The molecule has 0 unspecified atom stereocenters. The third-order valence-corrected chi connectivity index (χ3v) is 6.34. The maximum absolute atomic E-state index is 12.7. The predicted molar refractivity (Wildman–Crippen MR) is 83.7 cm³/mol. The van der Waals surface area contributed by atoms with Gasteiger partial charge in [-0.25, -0.2) is 8.42 Å². The number of nitro groups is 1. The minimum Gasteiger partial charge on any atom is -0.316 e. The summed E-state index contributed by atoms with van der Waals surface area (Å²) < 4.78 is 26.9. The summed E-state index contributed by atoms with van der Waals surface area (Å²) in [7, 11) is -3.57. The summed E-state index contributed by atoms with van der Waals surface area (Å²) in [6.07, 6.45) is 0. The van der Waals surface area contributed by atoms with Crippen molar-refractivity contribution in [3.63, 3.8) is 0 Å². The van der Waals surface area contributed by atoms with Gasteiger partial charge in [-0.3, -0.25) is 10.1 Å². The molecule has 9 heteroatoms. The lowest BCUT2D eigenvalue weighted by atomic mass is 10.0. The van der Waals surface area contributed by atoms with Crippen molar-refractivity contribution in [1.29, 1.82) is 0 Å². The van der Waals surface area contributed by atoms with Crippen LogP contribution in [0.1, 0.15) is 5.56 Å². The molecule has 2 heterocycles. The molecular weight excluding hydrogens is 330 g/mol. The molecule has 2 aliphatic heterocycles. The fraction of sp³-hybridized carbons (Fsp3) is 0.538. The molecule has 2 atom stereocenters. The Labute approximate surface area is 135 Å². The number of sulfonamides is 1. The molecule has 1 N–H and O–H groups in total. The van der Waals surface area contributed by atoms with E-state index in [0.717, 1.165) is 13.1 Å². The lowest BCUT2D eigenvalue weighted by molar-refractivity contribution is -0.385. The van der Waals surface area contributed by atoms with E-state index in [9.17, 15) is 18.5 Å². The molecule has 0 aromatic heterocycles. The number of aryl methyl sites for hydroxylation is 1.